The molecule has 1 heterocycles. The van der Waals surface area contributed by atoms with E-state index in [1.165, 1.54) is 12.1 Å². The summed E-state index contributed by atoms with van der Waals surface area (Å²) in [5, 5.41) is 5.81. The molecule has 0 spiro atoms. The van der Waals surface area contributed by atoms with Crippen molar-refractivity contribution in [2.24, 2.45) is 0 Å². The number of anilines is 1. The van der Waals surface area contributed by atoms with E-state index in [2.05, 4.69) is 5.32 Å². The zero-order valence-electron chi connectivity index (χ0n) is 15.2. The molecule has 4 aromatic rings. The first-order valence-electron chi connectivity index (χ1n) is 9.14. The minimum atomic E-state index is -3.36. The Bertz CT molecular complexity index is 1280. The predicted octanol–water partition coefficient (Wildman–Crippen LogP) is 6.74. The van der Waals surface area contributed by atoms with Gasteiger partial charge in [0.05, 0.1) is 10.3 Å². The van der Waals surface area contributed by atoms with E-state index < -0.39 is 19.0 Å². The largest absolute Gasteiger partial charge is 0.437 e. The zero-order valence-corrected chi connectivity index (χ0v) is 16.8. The van der Waals surface area contributed by atoms with E-state index in [-0.39, 0.29) is 5.02 Å². The van der Waals surface area contributed by atoms with Crippen molar-refractivity contribution in [3.05, 3.63) is 101 Å². The Morgan fingerprint density at radius 2 is 1.69 bits per heavy atom. The van der Waals surface area contributed by atoms with Crippen molar-refractivity contribution in [3.8, 4) is 5.75 Å². The normalized spacial score (nSPS) is 20.3. The number of halogens is 2. The summed E-state index contributed by atoms with van der Waals surface area (Å²) in [6.07, 6.45) is 0. The van der Waals surface area contributed by atoms with Gasteiger partial charge < -0.3 is 9.84 Å². The SMILES string of the molecule is O=[P@@]1(c2ccccc2)Oc2c(ccc3ccccc23)[C@H]1Nc1ccc(F)c(Cl)c1. The van der Waals surface area contributed by atoms with E-state index in [0.29, 0.717) is 16.7 Å². The molecule has 2 atom stereocenters. The molecule has 29 heavy (non-hydrogen) atoms. The summed E-state index contributed by atoms with van der Waals surface area (Å²) in [6.45, 7) is 0. The van der Waals surface area contributed by atoms with Crippen LogP contribution in [0.2, 0.25) is 5.02 Å². The van der Waals surface area contributed by atoms with Crippen LogP contribution in [0, 0.1) is 5.82 Å². The molecule has 144 valence electrons. The smallest absolute Gasteiger partial charge is 0.303 e. The number of hydrogen-bond acceptors (Lipinski definition) is 3. The molecule has 0 unspecified atom stereocenters. The Labute approximate surface area is 172 Å². The maximum atomic E-state index is 14.2. The van der Waals surface area contributed by atoms with Crippen LogP contribution in [0.1, 0.15) is 11.3 Å². The van der Waals surface area contributed by atoms with Crippen LogP contribution in [0.4, 0.5) is 10.1 Å². The maximum Gasteiger partial charge on any atom is 0.303 e. The Morgan fingerprint density at radius 3 is 2.48 bits per heavy atom. The maximum absolute atomic E-state index is 14.2. The van der Waals surface area contributed by atoms with E-state index in [0.717, 1.165) is 16.3 Å². The van der Waals surface area contributed by atoms with Crippen LogP contribution in [-0.4, -0.2) is 0 Å². The van der Waals surface area contributed by atoms with E-state index in [4.69, 9.17) is 16.1 Å². The van der Waals surface area contributed by atoms with Gasteiger partial charge in [-0.3, -0.25) is 4.57 Å². The molecule has 0 radical (unpaired) electrons. The van der Waals surface area contributed by atoms with Gasteiger partial charge in [-0.1, -0.05) is 66.2 Å². The number of rotatable bonds is 3. The van der Waals surface area contributed by atoms with Gasteiger partial charge in [0.2, 0.25) is 0 Å². The Morgan fingerprint density at radius 1 is 0.931 bits per heavy atom. The molecular formula is C23H16ClFNO2P. The molecule has 0 amide bonds. The van der Waals surface area contributed by atoms with Gasteiger partial charge in [-0.05, 0) is 35.7 Å². The molecule has 3 nitrogen and oxygen atoms in total. The fraction of sp³-hybridized carbons (Fsp3) is 0.0435. The molecule has 0 fully saturated rings. The first-order chi connectivity index (χ1) is 14.1. The van der Waals surface area contributed by atoms with Gasteiger partial charge in [0.1, 0.15) is 17.3 Å². The summed E-state index contributed by atoms with van der Waals surface area (Å²) < 4.78 is 34.0. The second-order valence-electron chi connectivity index (χ2n) is 6.90. The van der Waals surface area contributed by atoms with Crippen molar-refractivity contribution in [1.29, 1.82) is 0 Å². The van der Waals surface area contributed by atoms with Crippen LogP contribution < -0.4 is 15.1 Å². The summed E-state index contributed by atoms with van der Waals surface area (Å²) >= 11 is 5.95. The molecular weight excluding hydrogens is 408 g/mol. The zero-order chi connectivity index (χ0) is 20.0. The van der Waals surface area contributed by atoms with Crippen molar-refractivity contribution in [1.82, 2.24) is 0 Å². The second kappa shape index (κ2) is 6.91. The summed E-state index contributed by atoms with van der Waals surface area (Å²) in [7, 11) is -3.36. The van der Waals surface area contributed by atoms with Gasteiger partial charge in [-0.25, -0.2) is 4.39 Å². The highest BCUT2D eigenvalue weighted by Gasteiger charge is 2.46. The standard InChI is InChI=1S/C23H16ClFNO2P/c24-20-14-16(11-13-21(20)25)26-23-19-12-10-15-6-4-5-9-18(15)22(19)28-29(23,27)17-7-2-1-3-8-17/h1-14,23,26H/t23-,29-/m0/s1. The van der Waals surface area contributed by atoms with Crippen LogP contribution in [0.3, 0.4) is 0 Å². The molecule has 4 aromatic carbocycles. The van der Waals surface area contributed by atoms with E-state index in [9.17, 15) is 8.96 Å². The highest BCUT2D eigenvalue weighted by atomic mass is 35.5. The molecule has 0 bridgehead atoms. The van der Waals surface area contributed by atoms with E-state index in [1.807, 2.05) is 54.6 Å². The minimum absolute atomic E-state index is 0.00203. The van der Waals surface area contributed by atoms with Crippen molar-refractivity contribution < 1.29 is 13.5 Å². The van der Waals surface area contributed by atoms with Crippen molar-refractivity contribution in [3.63, 3.8) is 0 Å². The van der Waals surface area contributed by atoms with Gasteiger partial charge in [0, 0.05) is 16.6 Å². The van der Waals surface area contributed by atoms with Gasteiger partial charge >= 0.3 is 7.37 Å². The van der Waals surface area contributed by atoms with Crippen LogP contribution in [0.5, 0.6) is 5.75 Å². The van der Waals surface area contributed by atoms with Crippen LogP contribution in [-0.2, 0) is 4.57 Å². The highest BCUT2D eigenvalue weighted by molar-refractivity contribution is 7.68. The molecule has 0 saturated heterocycles. The fourth-order valence-electron chi connectivity index (χ4n) is 3.69. The molecule has 0 aliphatic carbocycles. The van der Waals surface area contributed by atoms with Crippen molar-refractivity contribution in [2.45, 2.75) is 5.78 Å². The van der Waals surface area contributed by atoms with Gasteiger partial charge in [-0.2, -0.15) is 0 Å². The number of benzene rings is 4. The minimum Gasteiger partial charge on any atom is -0.437 e. The number of nitrogens with one attached hydrogen (secondary N) is 1. The van der Waals surface area contributed by atoms with Crippen molar-refractivity contribution in [2.75, 3.05) is 5.32 Å². The Kier molecular flexibility index (Phi) is 4.34. The van der Waals surface area contributed by atoms with Crippen LogP contribution in [0.15, 0.2) is 84.9 Å². The monoisotopic (exact) mass is 423 g/mol. The van der Waals surface area contributed by atoms with Gasteiger partial charge in [0.15, 0.2) is 0 Å². The van der Waals surface area contributed by atoms with E-state index in [1.54, 1.807) is 18.2 Å². The van der Waals surface area contributed by atoms with E-state index >= 15 is 0 Å². The summed E-state index contributed by atoms with van der Waals surface area (Å²) in [5.74, 6) is -0.510. The molecule has 1 aliphatic heterocycles. The molecule has 0 aromatic heterocycles. The fourth-order valence-corrected chi connectivity index (χ4v) is 6.33. The number of fused-ring (bicyclic) bond motifs is 3. The third-order valence-electron chi connectivity index (χ3n) is 5.11. The predicted molar refractivity (Wildman–Crippen MR) is 116 cm³/mol. The average molecular weight is 424 g/mol. The lowest BCUT2D eigenvalue weighted by Crippen LogP contribution is -2.16. The number of hydrogen-bond donors (Lipinski definition) is 1. The topological polar surface area (TPSA) is 38.3 Å². The summed E-state index contributed by atoms with van der Waals surface area (Å²) in [4.78, 5) is 0. The first-order valence-corrected chi connectivity index (χ1v) is 11.2. The quantitative estimate of drug-likeness (QED) is 0.371. The van der Waals surface area contributed by atoms with Gasteiger partial charge in [-0.15, -0.1) is 0 Å². The lowest BCUT2D eigenvalue weighted by atomic mass is 10.1. The molecule has 0 saturated carbocycles. The molecule has 5 rings (SSSR count). The lowest BCUT2D eigenvalue weighted by Gasteiger charge is -2.22. The Balaban J connectivity index is 1.69. The lowest BCUT2D eigenvalue weighted by molar-refractivity contribution is 0.503. The van der Waals surface area contributed by atoms with Crippen LogP contribution in [0.25, 0.3) is 10.8 Å². The van der Waals surface area contributed by atoms with Crippen LogP contribution >= 0.6 is 19.0 Å². The second-order valence-corrected chi connectivity index (χ2v) is 9.72. The Hall–Kier alpha value is -2.81. The third kappa shape index (κ3) is 3.00. The first kappa shape index (κ1) is 18.2. The average Bonchev–Trinajstić information content (AvgIpc) is 3.04. The van der Waals surface area contributed by atoms with Crippen molar-refractivity contribution >= 4 is 40.7 Å². The summed E-state index contributed by atoms with van der Waals surface area (Å²) in [5.41, 5.74) is 1.37. The third-order valence-corrected chi connectivity index (χ3v) is 7.96. The summed E-state index contributed by atoms with van der Waals surface area (Å²) in [6, 6.07) is 25.3. The molecule has 6 heteroatoms. The highest BCUT2D eigenvalue weighted by Crippen LogP contribution is 2.66. The molecule has 1 aliphatic rings. The molecule has 1 N–H and O–H groups in total. The van der Waals surface area contributed by atoms with Gasteiger partial charge in [0.25, 0.3) is 0 Å².